The van der Waals surface area contributed by atoms with Crippen molar-refractivity contribution in [1.82, 2.24) is 19.9 Å². The molecule has 58 heavy (non-hydrogen) atoms. The molecule has 0 atom stereocenters. The van der Waals surface area contributed by atoms with Crippen molar-refractivity contribution >= 4 is 66.6 Å². The summed E-state index contributed by atoms with van der Waals surface area (Å²) in [6.45, 7) is 0. The topological polar surface area (TPSA) is 172 Å². The summed E-state index contributed by atoms with van der Waals surface area (Å²) >= 11 is 0. The van der Waals surface area contributed by atoms with Crippen LogP contribution in [0.25, 0.3) is 90.9 Å². The van der Waals surface area contributed by atoms with Crippen molar-refractivity contribution in [2.75, 3.05) is 0 Å². The smallest absolute Gasteiger partial charge is 0.744 e. The monoisotopic (exact) mass is 818 g/mol. The second kappa shape index (κ2) is 16.5. The van der Waals surface area contributed by atoms with Crippen LogP contribution in [0.4, 0.5) is 0 Å². The molecule has 10 nitrogen and oxygen atoms in total. The van der Waals surface area contributed by atoms with Crippen molar-refractivity contribution in [2.24, 2.45) is 0 Å². The average molecular weight is 819 g/mol. The van der Waals surface area contributed by atoms with E-state index in [0.717, 1.165) is 44.7 Å². The van der Waals surface area contributed by atoms with Crippen LogP contribution in [0.5, 0.6) is 0 Å². The van der Waals surface area contributed by atoms with E-state index in [0.29, 0.717) is 44.7 Å². The molecule has 5 heterocycles. The van der Waals surface area contributed by atoms with Crippen LogP contribution in [0.15, 0.2) is 143 Å². The van der Waals surface area contributed by atoms with Crippen LogP contribution in [0.3, 0.4) is 0 Å². The minimum atomic E-state index is -4.69. The molecule has 0 spiro atoms. The Morgan fingerprint density at radius 2 is 0.621 bits per heavy atom. The standard InChI is InChI=1S/C44H30N4O6S2.2Na/c49-55(50,51)31-15-11-29(12-16-31)43-37-23-21-35(46-37)41(27-7-3-1-4-8-27)33-19-20-34(45-33)42(28-9-5-2-6-10-28)36-22-24-38(47-36)44(40-26-25-39(43)48-40)30-13-17-32(18-14-30)56(52,53)54;;/h1-26,46-47H,(H,49,50,51)(H,52,53,54);;/q;2*+1/p-2. The van der Waals surface area contributed by atoms with Gasteiger partial charge in [0.05, 0.1) is 32.6 Å². The summed E-state index contributed by atoms with van der Waals surface area (Å²) in [6, 6.07) is 39.1. The maximum Gasteiger partial charge on any atom is 1.00 e. The van der Waals surface area contributed by atoms with Gasteiger partial charge in [-0.1, -0.05) is 84.9 Å². The van der Waals surface area contributed by atoms with Crippen LogP contribution < -0.4 is 59.1 Å². The van der Waals surface area contributed by atoms with Crippen LogP contribution >= 0.6 is 0 Å². The first-order valence-electron chi connectivity index (χ1n) is 17.4. The largest absolute Gasteiger partial charge is 1.00 e. The van der Waals surface area contributed by atoms with E-state index in [2.05, 4.69) is 9.97 Å². The van der Waals surface area contributed by atoms with Gasteiger partial charge in [0, 0.05) is 44.3 Å². The SMILES string of the molecule is O=S(=O)([O-])c1ccc(-c2c3nc(c(-c4ccc(S(=O)(=O)[O-])cc4)c4ccc([nH]4)c(-c4ccccc4)c4nc(c(-c5ccccc5)c5ccc2[nH]5)C=C4)C=C3)cc1.[Na+].[Na+]. The molecule has 3 aromatic heterocycles. The van der Waals surface area contributed by atoms with Gasteiger partial charge in [-0.3, -0.25) is 0 Å². The minimum Gasteiger partial charge on any atom is -0.744 e. The predicted molar refractivity (Wildman–Crippen MR) is 217 cm³/mol. The fraction of sp³-hybridized carbons (Fsp3) is 0. The summed E-state index contributed by atoms with van der Waals surface area (Å²) in [5, 5.41) is 0. The molecule has 274 valence electrons. The van der Waals surface area contributed by atoms with Crippen molar-refractivity contribution in [1.29, 1.82) is 0 Å². The molecule has 0 aliphatic carbocycles. The maximum atomic E-state index is 11.9. The van der Waals surface area contributed by atoms with E-state index in [1.54, 1.807) is 24.3 Å². The third-order valence-electron chi connectivity index (χ3n) is 9.74. The van der Waals surface area contributed by atoms with Gasteiger partial charge in [-0.2, -0.15) is 0 Å². The van der Waals surface area contributed by atoms with E-state index >= 15 is 0 Å². The van der Waals surface area contributed by atoms with Crippen molar-refractivity contribution in [3.8, 4) is 44.5 Å². The Labute approximate surface area is 378 Å². The van der Waals surface area contributed by atoms with Crippen LogP contribution in [-0.2, 0) is 20.2 Å². The number of hydrogen-bond acceptors (Lipinski definition) is 8. The van der Waals surface area contributed by atoms with E-state index in [1.807, 2.05) is 109 Å². The van der Waals surface area contributed by atoms with Crippen LogP contribution in [0, 0.1) is 0 Å². The molecule has 0 radical (unpaired) electrons. The molecule has 0 saturated heterocycles. The van der Waals surface area contributed by atoms with Gasteiger partial charge in [-0.25, -0.2) is 26.8 Å². The minimum absolute atomic E-state index is 0. The summed E-state index contributed by atoms with van der Waals surface area (Å²) in [5.41, 5.74) is 11.5. The van der Waals surface area contributed by atoms with Crippen LogP contribution in [-0.4, -0.2) is 45.9 Å². The number of rotatable bonds is 6. The zero-order valence-corrected chi connectivity index (χ0v) is 36.8. The Bertz CT molecular complexity index is 2960. The fourth-order valence-electron chi connectivity index (χ4n) is 7.21. The molecular weight excluding hydrogens is 791 g/mol. The number of nitrogens with zero attached hydrogens (tertiary/aromatic N) is 2. The van der Waals surface area contributed by atoms with Crippen molar-refractivity contribution in [3.05, 3.63) is 156 Å². The Morgan fingerprint density at radius 3 is 0.879 bits per heavy atom. The molecular formula is C44H28N4Na2O6S2. The van der Waals surface area contributed by atoms with Gasteiger partial charge >= 0.3 is 59.1 Å². The normalized spacial score (nSPS) is 12.2. The Morgan fingerprint density at radius 1 is 0.362 bits per heavy atom. The van der Waals surface area contributed by atoms with Crippen molar-refractivity contribution < 1.29 is 85.1 Å². The molecule has 2 N–H and O–H groups in total. The predicted octanol–water partition coefficient (Wildman–Crippen LogP) is 3.14. The van der Waals surface area contributed by atoms with Gasteiger partial charge < -0.3 is 19.1 Å². The third kappa shape index (κ3) is 8.01. The molecule has 0 amide bonds. The zero-order valence-electron chi connectivity index (χ0n) is 31.2. The second-order valence-electron chi connectivity index (χ2n) is 13.2. The molecule has 4 aromatic carbocycles. The van der Waals surface area contributed by atoms with Gasteiger partial charge in [0.2, 0.25) is 0 Å². The average Bonchev–Trinajstić information content (AvgIpc) is 4.03. The number of hydrogen-bond donors (Lipinski definition) is 2. The van der Waals surface area contributed by atoms with E-state index in [1.165, 1.54) is 24.3 Å². The molecule has 8 bridgehead atoms. The summed E-state index contributed by atoms with van der Waals surface area (Å²) in [6.07, 6.45) is 7.67. The first kappa shape index (κ1) is 41.5. The zero-order chi connectivity index (χ0) is 38.6. The number of aromatic nitrogens is 4. The van der Waals surface area contributed by atoms with Gasteiger partial charge in [0.25, 0.3) is 0 Å². The Balaban J connectivity index is 0.00000256. The number of fused-ring (bicyclic) bond motifs is 8. The van der Waals surface area contributed by atoms with Gasteiger partial charge in [0.15, 0.2) is 0 Å². The number of benzene rings is 4. The number of aromatic amines is 2. The Hall–Kier alpha value is -4.70. The molecule has 9 rings (SSSR count). The molecule has 14 heteroatoms. The Kier molecular flexibility index (Phi) is 11.8. The fourth-order valence-corrected chi connectivity index (χ4v) is 8.15. The van der Waals surface area contributed by atoms with Gasteiger partial charge in [0.1, 0.15) is 20.2 Å². The molecule has 2 aliphatic rings. The molecule has 2 aliphatic heterocycles. The summed E-state index contributed by atoms with van der Waals surface area (Å²) in [4.78, 5) is 16.9. The molecule has 0 saturated carbocycles. The van der Waals surface area contributed by atoms with Crippen molar-refractivity contribution in [2.45, 2.75) is 9.79 Å². The second-order valence-corrected chi connectivity index (χ2v) is 16.0. The summed E-state index contributed by atoms with van der Waals surface area (Å²) in [5.74, 6) is 0. The molecule has 0 fully saturated rings. The van der Waals surface area contributed by atoms with E-state index in [4.69, 9.17) is 9.97 Å². The first-order chi connectivity index (χ1) is 27.0. The maximum absolute atomic E-state index is 11.9. The van der Waals surface area contributed by atoms with E-state index in [9.17, 15) is 25.9 Å². The first-order valence-corrected chi connectivity index (χ1v) is 20.2. The molecule has 7 aromatic rings. The molecule has 0 unspecified atom stereocenters. The van der Waals surface area contributed by atoms with Crippen LogP contribution in [0.2, 0.25) is 0 Å². The summed E-state index contributed by atoms with van der Waals surface area (Å²) in [7, 11) is -9.38. The third-order valence-corrected chi connectivity index (χ3v) is 11.4. The number of H-pyrrole nitrogens is 2. The van der Waals surface area contributed by atoms with Gasteiger partial charge in [-0.15, -0.1) is 0 Å². The van der Waals surface area contributed by atoms with Crippen molar-refractivity contribution in [3.63, 3.8) is 0 Å². The van der Waals surface area contributed by atoms with E-state index in [-0.39, 0.29) is 68.9 Å². The van der Waals surface area contributed by atoms with Crippen LogP contribution in [0.1, 0.15) is 22.8 Å². The quantitative estimate of drug-likeness (QED) is 0.190. The summed E-state index contributed by atoms with van der Waals surface area (Å²) < 4.78 is 71.2. The van der Waals surface area contributed by atoms with E-state index < -0.39 is 20.2 Å². The van der Waals surface area contributed by atoms with Gasteiger partial charge in [-0.05, 0) is 95.1 Å². The number of nitrogens with one attached hydrogen (secondary N) is 2.